The summed E-state index contributed by atoms with van der Waals surface area (Å²) in [7, 11) is 0. The van der Waals surface area contributed by atoms with E-state index in [1.165, 1.54) is 22.7 Å². The average molecular weight is 762 g/mol. The normalized spacial score (nSPS) is 11.9. The summed E-state index contributed by atoms with van der Waals surface area (Å²) in [5.74, 6) is 0. The van der Waals surface area contributed by atoms with Gasteiger partial charge in [-0.25, -0.2) is 0 Å². The molecule has 0 N–H and O–H groups in total. The monoisotopic (exact) mass is 758 g/mol. The highest BCUT2D eigenvalue weighted by Crippen LogP contribution is 2.57. The first kappa shape index (κ1) is 33.0. The van der Waals surface area contributed by atoms with Gasteiger partial charge in [0.2, 0.25) is 0 Å². The lowest BCUT2D eigenvalue weighted by atomic mass is 9.96. The number of unbranched alkanes of at least 4 members (excludes halogenated alkanes) is 4. The van der Waals surface area contributed by atoms with Crippen LogP contribution in [0.15, 0.2) is 0 Å². The summed E-state index contributed by atoms with van der Waals surface area (Å²) < 4.78 is 0. The predicted molar refractivity (Wildman–Crippen MR) is 186 cm³/mol. The van der Waals surface area contributed by atoms with Crippen LogP contribution in [0, 0.1) is 0 Å². The van der Waals surface area contributed by atoms with Crippen LogP contribution in [0.4, 0.5) is 0 Å². The molecular weight excluding hydrogens is 740 g/mol. The lowest BCUT2D eigenvalue weighted by Gasteiger charge is -2.19. The Morgan fingerprint density at radius 1 is 0.429 bits per heavy atom. The standard InChI is InChI=1S/C28H22Cl8N4S2/c1-3-5-7-9-11-37-39-27(41-11)17-15-13(22(32)26(36)24(17)34)14-16(23(33)21(15)31)19(29)18(25(35)20(14)30)28-40-38-12(42-28)10-8-6-4-2/h3-10H2,1-2H3. The average Bonchev–Trinajstić information content (AvgIpc) is 3.63. The highest BCUT2D eigenvalue weighted by molar-refractivity contribution is 7.15. The van der Waals surface area contributed by atoms with Gasteiger partial charge < -0.3 is 0 Å². The molecule has 0 bridgehead atoms. The van der Waals surface area contributed by atoms with Gasteiger partial charge in [0.25, 0.3) is 0 Å². The van der Waals surface area contributed by atoms with E-state index in [0.29, 0.717) is 42.7 Å². The molecule has 5 aromatic rings. The lowest BCUT2D eigenvalue weighted by Crippen LogP contribution is -1.94. The van der Waals surface area contributed by atoms with Crippen LogP contribution in [0.1, 0.15) is 62.4 Å². The Morgan fingerprint density at radius 3 is 1.40 bits per heavy atom. The fraction of sp³-hybridized carbons (Fsp3) is 0.357. The first-order chi connectivity index (χ1) is 20.1. The van der Waals surface area contributed by atoms with Gasteiger partial charge in [-0.05, 0) is 12.8 Å². The zero-order valence-electron chi connectivity index (χ0n) is 22.3. The molecule has 0 atom stereocenters. The van der Waals surface area contributed by atoms with Crippen LogP contribution in [0.5, 0.6) is 0 Å². The van der Waals surface area contributed by atoms with Crippen molar-refractivity contribution in [1.82, 2.24) is 20.4 Å². The Labute approximate surface area is 291 Å². The molecule has 3 aromatic carbocycles. The highest BCUT2D eigenvalue weighted by atomic mass is 35.5. The Balaban J connectivity index is 1.79. The number of halogens is 8. The van der Waals surface area contributed by atoms with Crippen LogP contribution in [0.3, 0.4) is 0 Å². The minimum absolute atomic E-state index is 0.108. The van der Waals surface area contributed by atoms with Gasteiger partial charge in [-0.2, -0.15) is 0 Å². The first-order valence-corrected chi connectivity index (χ1v) is 17.9. The van der Waals surface area contributed by atoms with Gasteiger partial charge in [0.05, 0.1) is 45.7 Å². The van der Waals surface area contributed by atoms with Crippen molar-refractivity contribution in [1.29, 1.82) is 0 Å². The maximum Gasteiger partial charge on any atom is 0.150 e. The summed E-state index contributed by atoms with van der Waals surface area (Å²) in [4.78, 5) is 0. The molecule has 0 aliphatic rings. The third-order valence-electron chi connectivity index (χ3n) is 6.88. The minimum atomic E-state index is 0.108. The van der Waals surface area contributed by atoms with Gasteiger partial charge in [0.1, 0.15) is 15.0 Å². The smallest absolute Gasteiger partial charge is 0.143 e. The molecule has 0 fully saturated rings. The van der Waals surface area contributed by atoms with Gasteiger partial charge >= 0.3 is 0 Å². The summed E-state index contributed by atoms with van der Waals surface area (Å²) in [5, 5.41) is 23.2. The van der Waals surface area contributed by atoms with Crippen molar-refractivity contribution in [3.8, 4) is 21.1 Å². The molecule has 4 nitrogen and oxygen atoms in total. The van der Waals surface area contributed by atoms with E-state index < -0.39 is 0 Å². The van der Waals surface area contributed by atoms with Crippen molar-refractivity contribution in [2.24, 2.45) is 0 Å². The molecule has 0 radical (unpaired) electrons. The molecule has 2 heterocycles. The van der Waals surface area contributed by atoms with Crippen LogP contribution < -0.4 is 0 Å². The van der Waals surface area contributed by atoms with Crippen molar-refractivity contribution in [3.63, 3.8) is 0 Å². The van der Waals surface area contributed by atoms with E-state index in [1.54, 1.807) is 0 Å². The summed E-state index contributed by atoms with van der Waals surface area (Å²) in [6.07, 6.45) is 8.02. The molecule has 14 heteroatoms. The van der Waals surface area contributed by atoms with Crippen molar-refractivity contribution < 1.29 is 0 Å². The number of rotatable bonds is 10. The molecule has 2 aromatic heterocycles. The quantitative estimate of drug-likeness (QED) is 0.0615. The Bertz CT molecular complexity index is 1820. The number of hydrogen-bond donors (Lipinski definition) is 0. The van der Waals surface area contributed by atoms with E-state index in [2.05, 4.69) is 34.2 Å². The van der Waals surface area contributed by atoms with Crippen LogP contribution in [-0.2, 0) is 12.8 Å². The second-order valence-electron chi connectivity index (χ2n) is 9.68. The minimum Gasteiger partial charge on any atom is -0.143 e. The molecular formula is C28H22Cl8N4S2. The number of benzene rings is 3. The molecule has 5 rings (SSSR count). The van der Waals surface area contributed by atoms with Gasteiger partial charge in [0, 0.05) is 39.9 Å². The summed E-state index contributed by atoms with van der Waals surface area (Å²) in [5.41, 5.74) is 0.881. The second kappa shape index (κ2) is 13.9. The van der Waals surface area contributed by atoms with Crippen molar-refractivity contribution in [3.05, 3.63) is 50.2 Å². The predicted octanol–water partition coefficient (Wildman–Crippen LogP) is 13.7. The van der Waals surface area contributed by atoms with Crippen molar-refractivity contribution in [2.75, 3.05) is 0 Å². The topological polar surface area (TPSA) is 51.6 Å². The largest absolute Gasteiger partial charge is 0.150 e. The maximum absolute atomic E-state index is 7.04. The van der Waals surface area contributed by atoms with Crippen LogP contribution in [-0.4, -0.2) is 20.4 Å². The summed E-state index contributed by atoms with van der Waals surface area (Å²) >= 11 is 58.1. The van der Waals surface area contributed by atoms with Crippen molar-refractivity contribution >= 4 is 137 Å². The van der Waals surface area contributed by atoms with Gasteiger partial charge in [0.15, 0.2) is 5.01 Å². The third-order valence-corrected chi connectivity index (χ3v) is 12.3. The Kier molecular flexibility index (Phi) is 11.0. The Hall–Kier alpha value is -0.380. The van der Waals surface area contributed by atoms with Crippen molar-refractivity contribution in [2.45, 2.75) is 65.2 Å². The van der Waals surface area contributed by atoms with Gasteiger partial charge in [-0.15, -0.1) is 20.4 Å². The number of aromatic nitrogens is 4. The molecule has 222 valence electrons. The molecule has 0 amide bonds. The zero-order chi connectivity index (χ0) is 30.3. The summed E-state index contributed by atoms with van der Waals surface area (Å²) in [6, 6.07) is 0. The van der Waals surface area contributed by atoms with E-state index in [9.17, 15) is 0 Å². The zero-order valence-corrected chi connectivity index (χ0v) is 30.0. The van der Waals surface area contributed by atoms with Crippen LogP contribution in [0.25, 0.3) is 42.7 Å². The molecule has 42 heavy (non-hydrogen) atoms. The van der Waals surface area contributed by atoms with Gasteiger partial charge in [-0.1, -0.05) is 155 Å². The van der Waals surface area contributed by atoms with E-state index in [4.69, 9.17) is 92.8 Å². The third kappa shape index (κ3) is 5.95. The number of hydrogen-bond acceptors (Lipinski definition) is 6. The first-order valence-electron chi connectivity index (χ1n) is 13.2. The van der Waals surface area contributed by atoms with Crippen LogP contribution in [0.2, 0.25) is 40.2 Å². The van der Waals surface area contributed by atoms with E-state index in [0.717, 1.165) is 61.4 Å². The molecule has 0 aliphatic carbocycles. The van der Waals surface area contributed by atoms with E-state index in [1.807, 2.05) is 0 Å². The Morgan fingerprint density at radius 2 is 0.857 bits per heavy atom. The molecule has 0 unspecified atom stereocenters. The number of aryl methyl sites for hydroxylation is 2. The fourth-order valence-electron chi connectivity index (χ4n) is 4.79. The fourth-order valence-corrected chi connectivity index (χ4v) is 9.23. The highest BCUT2D eigenvalue weighted by Gasteiger charge is 2.30. The molecule has 0 spiro atoms. The van der Waals surface area contributed by atoms with Crippen LogP contribution >= 0.6 is 115 Å². The van der Waals surface area contributed by atoms with Gasteiger partial charge in [-0.3, -0.25) is 0 Å². The number of fused-ring (bicyclic) bond motifs is 3. The summed E-state index contributed by atoms with van der Waals surface area (Å²) in [6.45, 7) is 4.30. The number of nitrogens with zero attached hydrogens (tertiary/aromatic N) is 4. The second-order valence-corrected chi connectivity index (χ2v) is 14.8. The van der Waals surface area contributed by atoms with E-state index in [-0.39, 0.29) is 40.2 Å². The molecule has 0 aliphatic heterocycles. The molecule has 0 saturated carbocycles. The SMILES string of the molecule is CCCCCc1nnc(-c2c(Cl)c(Cl)c3c(c2Cl)c(Cl)c(Cl)c2c(-c4nnc(CCCCC)s4)c(Cl)c(Cl)c(Cl)c23)s1. The molecule has 0 saturated heterocycles. The lowest BCUT2D eigenvalue weighted by molar-refractivity contribution is 0.710. The van der Waals surface area contributed by atoms with E-state index >= 15 is 0 Å². The maximum atomic E-state index is 7.04.